The number of aliphatic hydroxyl groups is 2. The molecule has 1 aliphatic heterocycles. The van der Waals surface area contributed by atoms with E-state index in [0.29, 0.717) is 12.2 Å². The second-order valence-electron chi connectivity index (χ2n) is 6.70. The van der Waals surface area contributed by atoms with Crippen LogP contribution in [0.25, 0.3) is 22.6 Å². The van der Waals surface area contributed by atoms with E-state index in [1.807, 2.05) is 53.9 Å². The van der Waals surface area contributed by atoms with Crippen LogP contribution in [-0.2, 0) is 4.74 Å². The standard InChI is InChI=1S/C19H22N4O3/c1-22(2)12-6-7-13-15(9-12)23(18-10-16(25)17(11-24)26-18)19(21-13)14-5-3-4-8-20-14/h3-9,16-18,24-25H,10-11H2,1-2H3/t16-,17+,18-/m0/s1. The smallest absolute Gasteiger partial charge is 0.161 e. The van der Waals surface area contributed by atoms with Gasteiger partial charge < -0.3 is 19.8 Å². The van der Waals surface area contributed by atoms with Crippen molar-refractivity contribution in [3.63, 3.8) is 0 Å². The predicted octanol–water partition coefficient (Wildman–Crippen LogP) is 1.80. The summed E-state index contributed by atoms with van der Waals surface area (Å²) >= 11 is 0. The van der Waals surface area contributed by atoms with Crippen molar-refractivity contribution in [3.8, 4) is 11.5 Å². The zero-order valence-electron chi connectivity index (χ0n) is 14.8. The number of nitrogens with zero attached hydrogens (tertiary/aromatic N) is 4. The molecular weight excluding hydrogens is 332 g/mol. The Morgan fingerprint density at radius 1 is 1.27 bits per heavy atom. The Morgan fingerprint density at radius 2 is 2.12 bits per heavy atom. The number of benzene rings is 1. The minimum absolute atomic E-state index is 0.216. The number of anilines is 1. The van der Waals surface area contributed by atoms with Gasteiger partial charge in [-0.1, -0.05) is 6.07 Å². The summed E-state index contributed by atoms with van der Waals surface area (Å²) in [5.41, 5.74) is 3.53. The minimum atomic E-state index is -0.712. The second-order valence-corrected chi connectivity index (χ2v) is 6.70. The largest absolute Gasteiger partial charge is 0.394 e. The number of rotatable bonds is 4. The van der Waals surface area contributed by atoms with Crippen molar-refractivity contribution in [2.75, 3.05) is 25.6 Å². The number of pyridine rings is 1. The van der Waals surface area contributed by atoms with E-state index in [1.54, 1.807) is 6.20 Å². The molecular formula is C19H22N4O3. The molecule has 0 radical (unpaired) electrons. The van der Waals surface area contributed by atoms with Gasteiger partial charge in [-0.15, -0.1) is 0 Å². The molecule has 1 aliphatic rings. The summed E-state index contributed by atoms with van der Waals surface area (Å²) in [5.74, 6) is 0.687. The van der Waals surface area contributed by atoms with Gasteiger partial charge in [-0.25, -0.2) is 4.98 Å². The first-order valence-corrected chi connectivity index (χ1v) is 8.63. The molecule has 3 atom stereocenters. The van der Waals surface area contributed by atoms with E-state index in [2.05, 4.69) is 11.1 Å². The van der Waals surface area contributed by atoms with Crippen LogP contribution in [0.1, 0.15) is 12.6 Å². The molecule has 0 aliphatic carbocycles. The van der Waals surface area contributed by atoms with Crippen molar-refractivity contribution in [3.05, 3.63) is 42.6 Å². The van der Waals surface area contributed by atoms with Gasteiger partial charge in [-0.05, 0) is 30.3 Å². The summed E-state index contributed by atoms with van der Waals surface area (Å²) < 4.78 is 7.90. The molecule has 26 heavy (non-hydrogen) atoms. The summed E-state index contributed by atoms with van der Waals surface area (Å²) in [6.45, 7) is -0.216. The normalized spacial score (nSPS) is 22.8. The highest BCUT2D eigenvalue weighted by molar-refractivity contribution is 5.83. The van der Waals surface area contributed by atoms with Crippen LogP contribution in [0.5, 0.6) is 0 Å². The summed E-state index contributed by atoms with van der Waals surface area (Å²) in [5, 5.41) is 19.6. The first-order chi connectivity index (χ1) is 12.6. The minimum Gasteiger partial charge on any atom is -0.394 e. The van der Waals surface area contributed by atoms with Gasteiger partial charge in [0, 0.05) is 32.4 Å². The van der Waals surface area contributed by atoms with Gasteiger partial charge in [-0.2, -0.15) is 0 Å². The fraction of sp³-hybridized carbons (Fsp3) is 0.368. The van der Waals surface area contributed by atoms with Crippen molar-refractivity contribution in [2.45, 2.75) is 24.9 Å². The molecule has 2 N–H and O–H groups in total. The third-order valence-corrected chi connectivity index (χ3v) is 4.76. The van der Waals surface area contributed by atoms with E-state index in [1.165, 1.54) is 0 Å². The number of hydrogen-bond donors (Lipinski definition) is 2. The Kier molecular flexibility index (Phi) is 4.36. The van der Waals surface area contributed by atoms with E-state index in [-0.39, 0.29) is 6.61 Å². The Hall–Kier alpha value is -2.48. The lowest BCUT2D eigenvalue weighted by molar-refractivity contribution is -0.0425. The lowest BCUT2D eigenvalue weighted by atomic mass is 10.2. The zero-order chi connectivity index (χ0) is 18.3. The van der Waals surface area contributed by atoms with Gasteiger partial charge in [0.05, 0.1) is 23.7 Å². The number of aromatic nitrogens is 3. The van der Waals surface area contributed by atoms with Gasteiger partial charge in [0.25, 0.3) is 0 Å². The van der Waals surface area contributed by atoms with Crippen molar-refractivity contribution in [1.82, 2.24) is 14.5 Å². The fourth-order valence-corrected chi connectivity index (χ4v) is 3.36. The molecule has 1 saturated heterocycles. The highest BCUT2D eigenvalue weighted by atomic mass is 16.5. The average Bonchev–Trinajstić information content (AvgIpc) is 3.21. The number of imidazole rings is 1. The van der Waals surface area contributed by atoms with Crippen molar-refractivity contribution >= 4 is 16.7 Å². The van der Waals surface area contributed by atoms with Crippen LogP contribution in [0.3, 0.4) is 0 Å². The monoisotopic (exact) mass is 354 g/mol. The van der Waals surface area contributed by atoms with Gasteiger partial charge >= 0.3 is 0 Å². The quantitative estimate of drug-likeness (QED) is 0.743. The topological polar surface area (TPSA) is 83.6 Å². The molecule has 3 heterocycles. The van der Waals surface area contributed by atoms with Gasteiger partial charge in [0.1, 0.15) is 18.0 Å². The Balaban J connectivity index is 1.90. The summed E-state index contributed by atoms with van der Waals surface area (Å²) in [6, 6.07) is 11.7. The van der Waals surface area contributed by atoms with Crippen molar-refractivity contribution < 1.29 is 14.9 Å². The Labute approximate surface area is 151 Å². The zero-order valence-corrected chi connectivity index (χ0v) is 14.8. The van der Waals surface area contributed by atoms with E-state index in [0.717, 1.165) is 22.4 Å². The molecule has 0 spiro atoms. The van der Waals surface area contributed by atoms with Crippen LogP contribution >= 0.6 is 0 Å². The van der Waals surface area contributed by atoms with E-state index in [4.69, 9.17) is 9.72 Å². The molecule has 0 bridgehead atoms. The molecule has 0 amide bonds. The van der Waals surface area contributed by atoms with Crippen LogP contribution in [0.4, 0.5) is 5.69 Å². The second kappa shape index (κ2) is 6.68. The molecule has 0 saturated carbocycles. The third-order valence-electron chi connectivity index (χ3n) is 4.76. The molecule has 3 aromatic rings. The predicted molar refractivity (Wildman–Crippen MR) is 98.9 cm³/mol. The Morgan fingerprint density at radius 3 is 2.77 bits per heavy atom. The maximum atomic E-state index is 10.2. The molecule has 4 rings (SSSR count). The molecule has 2 aromatic heterocycles. The molecule has 1 fully saturated rings. The van der Waals surface area contributed by atoms with Crippen LogP contribution in [0.2, 0.25) is 0 Å². The SMILES string of the molecule is CN(C)c1ccc2nc(-c3ccccn3)n([C@@H]3C[C@H](O)[C@@H](CO)O3)c2c1. The fourth-order valence-electron chi connectivity index (χ4n) is 3.36. The van der Waals surface area contributed by atoms with Gasteiger partial charge in [-0.3, -0.25) is 9.55 Å². The summed E-state index contributed by atoms with van der Waals surface area (Å²) in [7, 11) is 3.97. The molecule has 7 heteroatoms. The van der Waals surface area contributed by atoms with Gasteiger partial charge in [0.15, 0.2) is 5.82 Å². The molecule has 136 valence electrons. The highest BCUT2D eigenvalue weighted by Crippen LogP contribution is 2.36. The lowest BCUT2D eigenvalue weighted by Gasteiger charge is -2.18. The number of fused-ring (bicyclic) bond motifs is 1. The first kappa shape index (κ1) is 17.0. The summed E-state index contributed by atoms with van der Waals surface area (Å²) in [6.07, 6.45) is 0.400. The van der Waals surface area contributed by atoms with E-state index < -0.39 is 18.4 Å². The van der Waals surface area contributed by atoms with Crippen LogP contribution in [0, 0.1) is 0 Å². The number of hydrogen-bond acceptors (Lipinski definition) is 6. The van der Waals surface area contributed by atoms with E-state index >= 15 is 0 Å². The Bertz CT molecular complexity index is 910. The molecule has 7 nitrogen and oxygen atoms in total. The lowest BCUT2D eigenvalue weighted by Crippen LogP contribution is -2.24. The van der Waals surface area contributed by atoms with Crippen molar-refractivity contribution in [2.24, 2.45) is 0 Å². The average molecular weight is 354 g/mol. The molecule has 1 aromatic carbocycles. The summed E-state index contributed by atoms with van der Waals surface area (Å²) in [4.78, 5) is 11.2. The molecule has 0 unspecified atom stereocenters. The third kappa shape index (κ3) is 2.84. The number of ether oxygens (including phenoxy) is 1. The van der Waals surface area contributed by atoms with E-state index in [9.17, 15) is 10.2 Å². The van der Waals surface area contributed by atoms with Crippen molar-refractivity contribution in [1.29, 1.82) is 0 Å². The maximum absolute atomic E-state index is 10.2. The van der Waals surface area contributed by atoms with Gasteiger partial charge in [0.2, 0.25) is 0 Å². The highest BCUT2D eigenvalue weighted by Gasteiger charge is 2.36. The van der Waals surface area contributed by atoms with Crippen LogP contribution in [0.15, 0.2) is 42.6 Å². The number of aliphatic hydroxyl groups excluding tert-OH is 2. The first-order valence-electron chi connectivity index (χ1n) is 8.63. The van der Waals surface area contributed by atoms with Crippen LogP contribution in [-0.4, -0.2) is 57.7 Å². The maximum Gasteiger partial charge on any atom is 0.161 e. The van der Waals surface area contributed by atoms with Crippen LogP contribution < -0.4 is 4.90 Å².